The molecule has 2 N–H and O–H groups in total. The summed E-state index contributed by atoms with van der Waals surface area (Å²) < 4.78 is 5.64. The maximum atomic E-state index is 12.5. The fourth-order valence-electron chi connectivity index (χ4n) is 2.30. The molecule has 0 spiro atoms. The molecule has 0 saturated carbocycles. The molecule has 0 radical (unpaired) electrons. The molecular weight excluding hydrogens is 266 g/mol. The molecule has 1 aliphatic heterocycles. The highest BCUT2D eigenvalue weighted by Crippen LogP contribution is 2.27. The van der Waals surface area contributed by atoms with Crippen LogP contribution in [0.5, 0.6) is 5.75 Å². The summed E-state index contributed by atoms with van der Waals surface area (Å²) in [6.07, 6.45) is 1.73. The number of aromatic nitrogens is 1. The Morgan fingerprint density at radius 1 is 1.33 bits per heavy atom. The van der Waals surface area contributed by atoms with Gasteiger partial charge in [-0.3, -0.25) is 10.1 Å². The summed E-state index contributed by atoms with van der Waals surface area (Å²) in [5.74, 6) is 1.17. The SMILES string of the molecule is Cc1ccc(NC(=O)C2NCCOc3ccccc32)nc1. The molecule has 0 saturated heterocycles. The fourth-order valence-corrected chi connectivity index (χ4v) is 2.30. The smallest absolute Gasteiger partial charge is 0.247 e. The molecule has 21 heavy (non-hydrogen) atoms. The molecule has 1 aromatic heterocycles. The molecule has 0 fully saturated rings. The van der Waals surface area contributed by atoms with Gasteiger partial charge in [0.2, 0.25) is 5.91 Å². The Labute approximate surface area is 123 Å². The van der Waals surface area contributed by atoms with E-state index in [0.717, 1.165) is 16.9 Å². The first-order chi connectivity index (χ1) is 10.2. The van der Waals surface area contributed by atoms with Crippen LogP contribution in [-0.2, 0) is 4.79 Å². The van der Waals surface area contributed by atoms with Gasteiger partial charge in [-0.25, -0.2) is 4.98 Å². The number of benzene rings is 1. The van der Waals surface area contributed by atoms with E-state index in [2.05, 4.69) is 15.6 Å². The lowest BCUT2D eigenvalue weighted by Crippen LogP contribution is -2.33. The zero-order chi connectivity index (χ0) is 14.7. The number of aryl methyl sites for hydroxylation is 1. The van der Waals surface area contributed by atoms with Crippen molar-refractivity contribution in [3.63, 3.8) is 0 Å². The number of anilines is 1. The van der Waals surface area contributed by atoms with Crippen molar-refractivity contribution in [1.82, 2.24) is 10.3 Å². The van der Waals surface area contributed by atoms with Gasteiger partial charge in [0.25, 0.3) is 0 Å². The molecule has 1 aliphatic rings. The Morgan fingerprint density at radius 3 is 3.00 bits per heavy atom. The van der Waals surface area contributed by atoms with Crippen molar-refractivity contribution in [3.05, 3.63) is 53.7 Å². The number of rotatable bonds is 2. The molecule has 1 atom stereocenters. The number of nitrogens with one attached hydrogen (secondary N) is 2. The van der Waals surface area contributed by atoms with Gasteiger partial charge in [-0.05, 0) is 24.6 Å². The van der Waals surface area contributed by atoms with E-state index >= 15 is 0 Å². The topological polar surface area (TPSA) is 63.2 Å². The molecule has 1 amide bonds. The fraction of sp³-hybridized carbons (Fsp3) is 0.250. The quantitative estimate of drug-likeness (QED) is 0.885. The van der Waals surface area contributed by atoms with Crippen LogP contribution in [0.4, 0.5) is 5.82 Å². The molecule has 1 aromatic carbocycles. The predicted molar refractivity (Wildman–Crippen MR) is 80.3 cm³/mol. The van der Waals surface area contributed by atoms with Crippen LogP contribution in [-0.4, -0.2) is 24.0 Å². The molecule has 2 aromatic rings. The first-order valence-electron chi connectivity index (χ1n) is 6.93. The van der Waals surface area contributed by atoms with E-state index < -0.39 is 6.04 Å². The molecule has 2 heterocycles. The van der Waals surface area contributed by atoms with Gasteiger partial charge in [-0.1, -0.05) is 24.3 Å². The van der Waals surface area contributed by atoms with Crippen LogP contribution in [0.1, 0.15) is 17.2 Å². The van der Waals surface area contributed by atoms with Crippen LogP contribution in [0.2, 0.25) is 0 Å². The molecule has 0 aliphatic carbocycles. The highest BCUT2D eigenvalue weighted by molar-refractivity contribution is 5.95. The number of hydrogen-bond donors (Lipinski definition) is 2. The minimum Gasteiger partial charge on any atom is -0.492 e. The van der Waals surface area contributed by atoms with Crippen LogP contribution >= 0.6 is 0 Å². The summed E-state index contributed by atoms with van der Waals surface area (Å²) in [5, 5.41) is 6.04. The second kappa shape index (κ2) is 5.93. The van der Waals surface area contributed by atoms with Gasteiger partial charge in [0, 0.05) is 18.3 Å². The summed E-state index contributed by atoms with van der Waals surface area (Å²) in [6.45, 7) is 3.12. The number of fused-ring (bicyclic) bond motifs is 1. The Balaban J connectivity index is 1.82. The summed E-state index contributed by atoms with van der Waals surface area (Å²) in [4.78, 5) is 16.7. The third-order valence-electron chi connectivity index (χ3n) is 3.36. The van der Waals surface area contributed by atoms with E-state index in [1.807, 2.05) is 37.3 Å². The van der Waals surface area contributed by atoms with E-state index in [-0.39, 0.29) is 5.91 Å². The third kappa shape index (κ3) is 3.03. The lowest BCUT2D eigenvalue weighted by molar-refractivity contribution is -0.118. The average molecular weight is 283 g/mol. The molecule has 3 rings (SSSR count). The highest BCUT2D eigenvalue weighted by atomic mass is 16.5. The number of nitrogens with zero attached hydrogens (tertiary/aromatic N) is 1. The van der Waals surface area contributed by atoms with Gasteiger partial charge in [0.1, 0.15) is 24.2 Å². The Morgan fingerprint density at radius 2 is 2.19 bits per heavy atom. The lowest BCUT2D eigenvalue weighted by Gasteiger charge is -2.17. The van der Waals surface area contributed by atoms with E-state index in [9.17, 15) is 4.79 Å². The van der Waals surface area contributed by atoms with Crippen molar-refractivity contribution < 1.29 is 9.53 Å². The van der Waals surface area contributed by atoms with Crippen molar-refractivity contribution in [2.24, 2.45) is 0 Å². The molecule has 0 bridgehead atoms. The van der Waals surface area contributed by atoms with Crippen LogP contribution in [0.25, 0.3) is 0 Å². The first kappa shape index (κ1) is 13.6. The Kier molecular flexibility index (Phi) is 3.83. The molecule has 5 heteroatoms. The summed E-state index contributed by atoms with van der Waals surface area (Å²) in [5.41, 5.74) is 1.90. The summed E-state index contributed by atoms with van der Waals surface area (Å²) in [6, 6.07) is 10.9. The van der Waals surface area contributed by atoms with Gasteiger partial charge in [-0.15, -0.1) is 0 Å². The van der Waals surface area contributed by atoms with Crippen molar-refractivity contribution in [2.75, 3.05) is 18.5 Å². The number of amides is 1. The van der Waals surface area contributed by atoms with Crippen molar-refractivity contribution >= 4 is 11.7 Å². The second-order valence-electron chi connectivity index (χ2n) is 4.98. The van der Waals surface area contributed by atoms with Crippen molar-refractivity contribution in [3.8, 4) is 5.75 Å². The normalized spacial score (nSPS) is 17.3. The zero-order valence-electron chi connectivity index (χ0n) is 11.8. The van der Waals surface area contributed by atoms with Gasteiger partial charge in [0.05, 0.1) is 0 Å². The first-order valence-corrected chi connectivity index (χ1v) is 6.93. The van der Waals surface area contributed by atoms with Crippen molar-refractivity contribution in [2.45, 2.75) is 13.0 Å². The van der Waals surface area contributed by atoms with Crippen LogP contribution in [0.15, 0.2) is 42.6 Å². The van der Waals surface area contributed by atoms with Gasteiger partial charge < -0.3 is 10.1 Å². The predicted octanol–water partition coefficient (Wildman–Crippen LogP) is 2.05. The second-order valence-corrected chi connectivity index (χ2v) is 4.98. The van der Waals surface area contributed by atoms with E-state index in [0.29, 0.717) is 19.0 Å². The zero-order valence-corrected chi connectivity index (χ0v) is 11.8. The van der Waals surface area contributed by atoms with Crippen LogP contribution in [0, 0.1) is 6.92 Å². The largest absolute Gasteiger partial charge is 0.492 e. The highest BCUT2D eigenvalue weighted by Gasteiger charge is 2.25. The third-order valence-corrected chi connectivity index (χ3v) is 3.36. The maximum Gasteiger partial charge on any atom is 0.247 e. The molecule has 1 unspecified atom stereocenters. The average Bonchev–Trinajstić information content (AvgIpc) is 2.72. The van der Waals surface area contributed by atoms with Gasteiger partial charge >= 0.3 is 0 Å². The molecule has 5 nitrogen and oxygen atoms in total. The van der Waals surface area contributed by atoms with E-state index in [1.54, 1.807) is 12.3 Å². The summed E-state index contributed by atoms with van der Waals surface area (Å²) in [7, 11) is 0. The number of para-hydroxylation sites is 1. The number of carbonyl (C=O) groups excluding carboxylic acids is 1. The standard InChI is InChI=1S/C16H17N3O2/c1-11-6-7-14(18-10-11)19-16(20)15-12-4-2-3-5-13(12)21-9-8-17-15/h2-7,10,15,17H,8-9H2,1H3,(H,18,19,20). The van der Waals surface area contributed by atoms with Crippen LogP contribution in [0.3, 0.4) is 0 Å². The van der Waals surface area contributed by atoms with Crippen molar-refractivity contribution in [1.29, 1.82) is 0 Å². The Hall–Kier alpha value is -2.40. The monoisotopic (exact) mass is 283 g/mol. The van der Waals surface area contributed by atoms with Gasteiger partial charge in [0.15, 0.2) is 0 Å². The van der Waals surface area contributed by atoms with E-state index in [1.165, 1.54) is 0 Å². The minimum atomic E-state index is -0.438. The number of hydrogen-bond acceptors (Lipinski definition) is 4. The molecule has 108 valence electrons. The minimum absolute atomic E-state index is 0.135. The lowest BCUT2D eigenvalue weighted by atomic mass is 10.1. The summed E-state index contributed by atoms with van der Waals surface area (Å²) >= 11 is 0. The van der Waals surface area contributed by atoms with E-state index in [4.69, 9.17) is 4.74 Å². The Bertz CT molecular complexity index is 640. The number of pyridine rings is 1. The number of ether oxygens (including phenoxy) is 1. The number of carbonyl (C=O) groups is 1. The van der Waals surface area contributed by atoms with Crippen LogP contribution < -0.4 is 15.4 Å². The maximum absolute atomic E-state index is 12.5. The molecular formula is C16H17N3O2. The van der Waals surface area contributed by atoms with Gasteiger partial charge in [-0.2, -0.15) is 0 Å².